The molecule has 2 N–H and O–H groups in total. The maximum absolute atomic E-state index is 6.12. The van der Waals surface area contributed by atoms with E-state index in [1.807, 2.05) is 45.0 Å². The second-order valence-electron chi connectivity index (χ2n) is 5.08. The molecule has 0 aliphatic carbocycles. The van der Waals surface area contributed by atoms with E-state index in [2.05, 4.69) is 0 Å². The van der Waals surface area contributed by atoms with Crippen molar-refractivity contribution in [1.82, 2.24) is 0 Å². The minimum Gasteiger partial charge on any atom is -0.373 e. The van der Waals surface area contributed by atoms with Gasteiger partial charge in [0.2, 0.25) is 0 Å². The SMILES string of the molecule is CC(C)(C)OCCOC(CN)c1ccccc1Cl. The lowest BCUT2D eigenvalue weighted by molar-refractivity contribution is -0.0505. The summed E-state index contributed by atoms with van der Waals surface area (Å²) in [7, 11) is 0. The van der Waals surface area contributed by atoms with Crippen molar-refractivity contribution in [3.05, 3.63) is 34.9 Å². The molecule has 3 nitrogen and oxygen atoms in total. The Balaban J connectivity index is 2.46. The third-order valence-corrected chi connectivity index (χ3v) is 2.75. The number of halogens is 1. The van der Waals surface area contributed by atoms with Crippen molar-refractivity contribution < 1.29 is 9.47 Å². The van der Waals surface area contributed by atoms with Crippen molar-refractivity contribution in [2.24, 2.45) is 5.73 Å². The van der Waals surface area contributed by atoms with Gasteiger partial charge in [0, 0.05) is 17.1 Å². The van der Waals surface area contributed by atoms with E-state index in [0.29, 0.717) is 24.8 Å². The molecular formula is C14H22ClNO2. The van der Waals surface area contributed by atoms with Gasteiger partial charge in [0.15, 0.2) is 0 Å². The number of rotatable bonds is 6. The van der Waals surface area contributed by atoms with Gasteiger partial charge in [-0.15, -0.1) is 0 Å². The molecule has 1 atom stereocenters. The molecule has 0 spiro atoms. The maximum Gasteiger partial charge on any atom is 0.0962 e. The molecule has 1 rings (SSSR count). The zero-order valence-corrected chi connectivity index (χ0v) is 12.0. The molecule has 1 aromatic rings. The lowest BCUT2D eigenvalue weighted by Crippen LogP contribution is -2.24. The van der Waals surface area contributed by atoms with Crippen molar-refractivity contribution >= 4 is 11.6 Å². The zero-order chi connectivity index (χ0) is 13.6. The fourth-order valence-electron chi connectivity index (χ4n) is 1.56. The third-order valence-electron chi connectivity index (χ3n) is 2.40. The van der Waals surface area contributed by atoms with Gasteiger partial charge in [-0.3, -0.25) is 0 Å². The Hall–Kier alpha value is -0.610. The van der Waals surface area contributed by atoms with Crippen LogP contribution < -0.4 is 5.73 Å². The average molecular weight is 272 g/mol. The number of hydrogen-bond acceptors (Lipinski definition) is 3. The molecule has 18 heavy (non-hydrogen) atoms. The zero-order valence-electron chi connectivity index (χ0n) is 11.3. The highest BCUT2D eigenvalue weighted by Crippen LogP contribution is 2.24. The molecule has 102 valence electrons. The number of ether oxygens (including phenoxy) is 2. The summed E-state index contributed by atoms with van der Waals surface area (Å²) in [6.45, 7) is 7.50. The fourth-order valence-corrected chi connectivity index (χ4v) is 1.82. The molecule has 0 radical (unpaired) electrons. The number of nitrogens with two attached hydrogens (primary N) is 1. The molecule has 1 aromatic carbocycles. The van der Waals surface area contributed by atoms with Gasteiger partial charge in [0.05, 0.1) is 24.9 Å². The number of hydrogen-bond donors (Lipinski definition) is 1. The number of benzene rings is 1. The van der Waals surface area contributed by atoms with Crippen molar-refractivity contribution in [2.75, 3.05) is 19.8 Å². The van der Waals surface area contributed by atoms with Crippen LogP contribution in [0.2, 0.25) is 5.02 Å². The Labute approximate surface area is 114 Å². The Bertz CT molecular complexity index is 363. The van der Waals surface area contributed by atoms with Gasteiger partial charge < -0.3 is 15.2 Å². The van der Waals surface area contributed by atoms with Gasteiger partial charge in [0.25, 0.3) is 0 Å². The van der Waals surface area contributed by atoms with Gasteiger partial charge in [-0.05, 0) is 26.8 Å². The Morgan fingerprint density at radius 2 is 1.89 bits per heavy atom. The van der Waals surface area contributed by atoms with Gasteiger partial charge >= 0.3 is 0 Å². The van der Waals surface area contributed by atoms with Crippen molar-refractivity contribution in [3.8, 4) is 0 Å². The normalized spacial score (nSPS) is 13.6. The summed E-state index contributed by atoms with van der Waals surface area (Å²) in [4.78, 5) is 0. The average Bonchev–Trinajstić information content (AvgIpc) is 2.29. The highest BCUT2D eigenvalue weighted by molar-refractivity contribution is 6.31. The Morgan fingerprint density at radius 3 is 2.44 bits per heavy atom. The molecule has 0 bridgehead atoms. The fraction of sp³-hybridized carbons (Fsp3) is 0.571. The summed E-state index contributed by atoms with van der Waals surface area (Å²) < 4.78 is 11.3. The lowest BCUT2D eigenvalue weighted by atomic mass is 10.1. The Kier molecular flexibility index (Phi) is 6.09. The van der Waals surface area contributed by atoms with Crippen LogP contribution in [0.15, 0.2) is 24.3 Å². The van der Waals surface area contributed by atoms with E-state index in [1.165, 1.54) is 0 Å². The largest absolute Gasteiger partial charge is 0.373 e. The van der Waals surface area contributed by atoms with Crippen LogP contribution in [0.25, 0.3) is 0 Å². The first-order chi connectivity index (χ1) is 8.44. The smallest absolute Gasteiger partial charge is 0.0962 e. The molecule has 0 aromatic heterocycles. The predicted molar refractivity (Wildman–Crippen MR) is 74.9 cm³/mol. The highest BCUT2D eigenvalue weighted by Gasteiger charge is 2.14. The van der Waals surface area contributed by atoms with Crippen LogP contribution in [-0.4, -0.2) is 25.4 Å². The van der Waals surface area contributed by atoms with Gasteiger partial charge in [0.1, 0.15) is 0 Å². The first-order valence-electron chi connectivity index (χ1n) is 6.14. The van der Waals surface area contributed by atoms with Crippen LogP contribution in [0.1, 0.15) is 32.4 Å². The monoisotopic (exact) mass is 271 g/mol. The van der Waals surface area contributed by atoms with Crippen LogP contribution in [0.4, 0.5) is 0 Å². The Morgan fingerprint density at radius 1 is 1.22 bits per heavy atom. The standard InChI is InChI=1S/C14H22ClNO2/c1-14(2,3)18-9-8-17-13(10-16)11-6-4-5-7-12(11)15/h4-7,13H,8-10,16H2,1-3H3. The minimum absolute atomic E-state index is 0.147. The van der Waals surface area contributed by atoms with Gasteiger partial charge in [-0.1, -0.05) is 29.8 Å². The predicted octanol–water partition coefficient (Wildman–Crippen LogP) is 3.17. The van der Waals surface area contributed by atoms with E-state index in [9.17, 15) is 0 Å². The summed E-state index contributed by atoms with van der Waals surface area (Å²) in [5.41, 5.74) is 6.50. The van der Waals surface area contributed by atoms with Crippen LogP contribution in [0, 0.1) is 0 Å². The molecule has 1 unspecified atom stereocenters. The van der Waals surface area contributed by atoms with E-state index in [0.717, 1.165) is 5.56 Å². The molecule has 0 amide bonds. The second-order valence-corrected chi connectivity index (χ2v) is 5.48. The molecule has 0 aliphatic heterocycles. The molecule has 0 aliphatic rings. The summed E-state index contributed by atoms with van der Waals surface area (Å²) >= 11 is 6.12. The maximum atomic E-state index is 6.12. The summed E-state index contributed by atoms with van der Waals surface area (Å²) in [5.74, 6) is 0. The summed E-state index contributed by atoms with van der Waals surface area (Å²) in [5, 5.41) is 0.685. The van der Waals surface area contributed by atoms with Crippen molar-refractivity contribution in [3.63, 3.8) is 0 Å². The van der Waals surface area contributed by atoms with E-state index in [4.69, 9.17) is 26.8 Å². The van der Waals surface area contributed by atoms with E-state index in [1.54, 1.807) is 0 Å². The summed E-state index contributed by atoms with van der Waals surface area (Å²) in [6.07, 6.45) is -0.178. The molecule has 4 heteroatoms. The minimum atomic E-state index is -0.178. The first kappa shape index (κ1) is 15.4. The second kappa shape index (κ2) is 7.10. The van der Waals surface area contributed by atoms with Crippen LogP contribution >= 0.6 is 11.6 Å². The summed E-state index contributed by atoms with van der Waals surface area (Å²) in [6, 6.07) is 7.60. The topological polar surface area (TPSA) is 44.5 Å². The molecule has 0 saturated carbocycles. The van der Waals surface area contributed by atoms with Gasteiger partial charge in [-0.2, -0.15) is 0 Å². The molecular weight excluding hydrogens is 250 g/mol. The van der Waals surface area contributed by atoms with Crippen molar-refractivity contribution in [1.29, 1.82) is 0 Å². The van der Waals surface area contributed by atoms with E-state index in [-0.39, 0.29) is 11.7 Å². The van der Waals surface area contributed by atoms with E-state index < -0.39 is 0 Å². The quantitative estimate of drug-likeness (QED) is 0.809. The van der Waals surface area contributed by atoms with E-state index >= 15 is 0 Å². The molecule has 0 heterocycles. The highest BCUT2D eigenvalue weighted by atomic mass is 35.5. The van der Waals surface area contributed by atoms with Gasteiger partial charge in [-0.25, -0.2) is 0 Å². The van der Waals surface area contributed by atoms with Crippen LogP contribution in [-0.2, 0) is 9.47 Å². The molecule has 0 saturated heterocycles. The van der Waals surface area contributed by atoms with Crippen LogP contribution in [0.5, 0.6) is 0 Å². The molecule has 0 fully saturated rings. The van der Waals surface area contributed by atoms with Crippen molar-refractivity contribution in [2.45, 2.75) is 32.5 Å². The van der Waals surface area contributed by atoms with Crippen LogP contribution in [0.3, 0.4) is 0 Å². The lowest BCUT2D eigenvalue weighted by Gasteiger charge is -2.22. The first-order valence-corrected chi connectivity index (χ1v) is 6.52. The third kappa shape index (κ3) is 5.36.